The zero-order valence-corrected chi connectivity index (χ0v) is 15.3. The SMILES string of the molecule is Cc1cc(C)n(-c2ccc(NC(=O)CNC(=O)C3CCCCC3)cn2)n1. The summed E-state index contributed by atoms with van der Waals surface area (Å²) in [6.45, 7) is 3.88. The third-order valence-electron chi connectivity index (χ3n) is 4.66. The number of rotatable bonds is 5. The van der Waals surface area contributed by atoms with Crippen LogP contribution in [-0.2, 0) is 9.59 Å². The molecule has 0 aromatic carbocycles. The van der Waals surface area contributed by atoms with E-state index in [1.54, 1.807) is 23.0 Å². The Morgan fingerprint density at radius 2 is 1.96 bits per heavy atom. The number of aryl methyl sites for hydroxylation is 2. The van der Waals surface area contributed by atoms with E-state index in [4.69, 9.17) is 0 Å². The number of hydrogen-bond donors (Lipinski definition) is 2. The van der Waals surface area contributed by atoms with Gasteiger partial charge in [0.25, 0.3) is 0 Å². The number of nitrogens with one attached hydrogen (secondary N) is 2. The molecule has 0 bridgehead atoms. The number of carbonyl (C=O) groups is 2. The average Bonchev–Trinajstić information content (AvgIpc) is 2.99. The highest BCUT2D eigenvalue weighted by molar-refractivity contribution is 5.94. The van der Waals surface area contributed by atoms with Gasteiger partial charge >= 0.3 is 0 Å². The summed E-state index contributed by atoms with van der Waals surface area (Å²) in [6.07, 6.45) is 6.82. The molecule has 1 fully saturated rings. The highest BCUT2D eigenvalue weighted by Crippen LogP contribution is 2.23. The van der Waals surface area contributed by atoms with Crippen molar-refractivity contribution in [3.8, 4) is 5.82 Å². The molecular weight excluding hydrogens is 330 g/mol. The van der Waals surface area contributed by atoms with E-state index in [1.165, 1.54) is 6.42 Å². The fourth-order valence-electron chi connectivity index (χ4n) is 3.33. The van der Waals surface area contributed by atoms with Crippen molar-refractivity contribution in [1.82, 2.24) is 20.1 Å². The summed E-state index contributed by atoms with van der Waals surface area (Å²) in [4.78, 5) is 28.5. The molecule has 7 nitrogen and oxygen atoms in total. The molecule has 0 unspecified atom stereocenters. The van der Waals surface area contributed by atoms with E-state index in [0.717, 1.165) is 37.1 Å². The van der Waals surface area contributed by atoms with Crippen molar-refractivity contribution in [1.29, 1.82) is 0 Å². The molecule has 1 saturated carbocycles. The monoisotopic (exact) mass is 355 g/mol. The molecule has 2 aromatic rings. The maximum absolute atomic E-state index is 12.1. The Bertz CT molecular complexity index is 776. The van der Waals surface area contributed by atoms with E-state index in [-0.39, 0.29) is 24.3 Å². The lowest BCUT2D eigenvalue weighted by molar-refractivity contribution is -0.128. The molecule has 2 aromatic heterocycles. The summed E-state index contributed by atoms with van der Waals surface area (Å²) in [5, 5.41) is 9.87. The maximum atomic E-state index is 12.1. The largest absolute Gasteiger partial charge is 0.347 e. The van der Waals surface area contributed by atoms with Gasteiger partial charge in [0.1, 0.15) is 0 Å². The zero-order valence-electron chi connectivity index (χ0n) is 15.3. The molecule has 2 heterocycles. The zero-order chi connectivity index (χ0) is 18.5. The predicted octanol–water partition coefficient (Wildman–Crippen LogP) is 2.52. The van der Waals surface area contributed by atoms with Gasteiger partial charge in [-0.15, -0.1) is 0 Å². The Morgan fingerprint density at radius 3 is 2.58 bits per heavy atom. The van der Waals surface area contributed by atoms with Gasteiger partial charge < -0.3 is 10.6 Å². The minimum absolute atomic E-state index is 0.0159. The van der Waals surface area contributed by atoms with Crippen molar-refractivity contribution in [2.75, 3.05) is 11.9 Å². The quantitative estimate of drug-likeness (QED) is 0.862. The van der Waals surface area contributed by atoms with Crippen LogP contribution in [0, 0.1) is 19.8 Å². The summed E-state index contributed by atoms with van der Waals surface area (Å²) in [6, 6.07) is 5.56. The van der Waals surface area contributed by atoms with Crippen LogP contribution in [0.3, 0.4) is 0 Å². The minimum Gasteiger partial charge on any atom is -0.347 e. The first-order valence-corrected chi connectivity index (χ1v) is 9.10. The first kappa shape index (κ1) is 18.1. The molecule has 0 atom stereocenters. The highest BCUT2D eigenvalue weighted by Gasteiger charge is 2.21. The number of pyridine rings is 1. The van der Waals surface area contributed by atoms with Gasteiger partial charge in [0.15, 0.2) is 5.82 Å². The molecule has 3 rings (SSSR count). The van der Waals surface area contributed by atoms with E-state index in [1.807, 2.05) is 19.9 Å². The van der Waals surface area contributed by atoms with Crippen molar-refractivity contribution in [3.63, 3.8) is 0 Å². The number of carbonyl (C=O) groups excluding carboxylic acids is 2. The Balaban J connectivity index is 1.51. The van der Waals surface area contributed by atoms with Gasteiger partial charge in [-0.3, -0.25) is 9.59 Å². The Kier molecular flexibility index (Phi) is 5.65. The van der Waals surface area contributed by atoms with Crippen LogP contribution in [0.15, 0.2) is 24.4 Å². The van der Waals surface area contributed by atoms with Gasteiger partial charge in [-0.1, -0.05) is 19.3 Å². The molecule has 0 spiro atoms. The van der Waals surface area contributed by atoms with Crippen LogP contribution < -0.4 is 10.6 Å². The van der Waals surface area contributed by atoms with Crippen molar-refractivity contribution in [3.05, 3.63) is 35.8 Å². The van der Waals surface area contributed by atoms with Gasteiger partial charge in [0.05, 0.1) is 24.1 Å². The molecule has 2 N–H and O–H groups in total. The normalized spacial score (nSPS) is 14.8. The van der Waals surface area contributed by atoms with Crippen LogP contribution in [0.5, 0.6) is 0 Å². The number of anilines is 1. The van der Waals surface area contributed by atoms with Gasteiger partial charge in [-0.2, -0.15) is 5.10 Å². The third kappa shape index (κ3) is 4.47. The minimum atomic E-state index is -0.255. The third-order valence-corrected chi connectivity index (χ3v) is 4.66. The van der Waals surface area contributed by atoms with Crippen LogP contribution in [0.1, 0.15) is 43.5 Å². The second-order valence-electron chi connectivity index (χ2n) is 6.84. The van der Waals surface area contributed by atoms with E-state index >= 15 is 0 Å². The molecular formula is C19H25N5O2. The van der Waals surface area contributed by atoms with Gasteiger partial charge in [0.2, 0.25) is 11.8 Å². The molecule has 1 aliphatic rings. The van der Waals surface area contributed by atoms with E-state index in [2.05, 4.69) is 20.7 Å². The maximum Gasteiger partial charge on any atom is 0.243 e. The lowest BCUT2D eigenvalue weighted by Gasteiger charge is -2.20. The van der Waals surface area contributed by atoms with Gasteiger partial charge in [0, 0.05) is 11.6 Å². The van der Waals surface area contributed by atoms with Gasteiger partial charge in [-0.25, -0.2) is 9.67 Å². The fourth-order valence-corrected chi connectivity index (χ4v) is 3.33. The van der Waals surface area contributed by atoms with E-state index < -0.39 is 0 Å². The van der Waals surface area contributed by atoms with E-state index in [9.17, 15) is 9.59 Å². The lowest BCUT2D eigenvalue weighted by Crippen LogP contribution is -2.37. The van der Waals surface area contributed by atoms with Crippen molar-refractivity contribution < 1.29 is 9.59 Å². The summed E-state index contributed by atoms with van der Waals surface area (Å²) in [7, 11) is 0. The van der Waals surface area contributed by atoms with Crippen LogP contribution in [0.4, 0.5) is 5.69 Å². The van der Waals surface area contributed by atoms with Crippen LogP contribution in [0.2, 0.25) is 0 Å². The predicted molar refractivity (Wildman–Crippen MR) is 99.0 cm³/mol. The summed E-state index contributed by atoms with van der Waals surface area (Å²) >= 11 is 0. The molecule has 26 heavy (non-hydrogen) atoms. The second-order valence-corrected chi connectivity index (χ2v) is 6.84. The lowest BCUT2D eigenvalue weighted by atomic mass is 9.89. The Labute approximate surface area is 153 Å². The molecule has 1 aliphatic carbocycles. The number of amides is 2. The molecule has 2 amide bonds. The standard InChI is InChI=1S/C19H25N5O2/c1-13-10-14(2)24(23-13)17-9-8-16(11-20-17)22-18(25)12-21-19(26)15-6-4-3-5-7-15/h8-11,15H,3-7,12H2,1-2H3,(H,21,26)(H,22,25). The Morgan fingerprint density at radius 1 is 1.19 bits per heavy atom. The molecule has 0 aliphatic heterocycles. The molecule has 0 saturated heterocycles. The average molecular weight is 355 g/mol. The molecule has 7 heteroatoms. The van der Waals surface area contributed by atoms with Crippen LogP contribution >= 0.6 is 0 Å². The van der Waals surface area contributed by atoms with Crippen LogP contribution in [-0.4, -0.2) is 33.1 Å². The summed E-state index contributed by atoms with van der Waals surface area (Å²) in [5.74, 6) is 0.477. The van der Waals surface area contributed by atoms with Crippen molar-refractivity contribution in [2.24, 2.45) is 5.92 Å². The van der Waals surface area contributed by atoms with Crippen molar-refractivity contribution in [2.45, 2.75) is 46.0 Å². The fraction of sp³-hybridized carbons (Fsp3) is 0.474. The summed E-state index contributed by atoms with van der Waals surface area (Å²) < 4.78 is 1.76. The van der Waals surface area contributed by atoms with Crippen LogP contribution in [0.25, 0.3) is 5.82 Å². The summed E-state index contributed by atoms with van der Waals surface area (Å²) in [5.41, 5.74) is 2.51. The van der Waals surface area contributed by atoms with E-state index in [0.29, 0.717) is 11.5 Å². The molecule has 138 valence electrons. The molecule has 0 radical (unpaired) electrons. The second kappa shape index (κ2) is 8.12. The van der Waals surface area contributed by atoms with Gasteiger partial charge in [-0.05, 0) is 44.9 Å². The number of nitrogens with zero attached hydrogens (tertiary/aromatic N) is 3. The highest BCUT2D eigenvalue weighted by atomic mass is 16.2. The van der Waals surface area contributed by atoms with Crippen molar-refractivity contribution >= 4 is 17.5 Å². The first-order chi connectivity index (χ1) is 12.5. The topological polar surface area (TPSA) is 88.9 Å². The number of hydrogen-bond acceptors (Lipinski definition) is 4. The smallest absolute Gasteiger partial charge is 0.243 e. The Hall–Kier alpha value is -2.70. The first-order valence-electron chi connectivity index (χ1n) is 9.10. The number of aromatic nitrogens is 3.